The second-order valence-electron chi connectivity index (χ2n) is 3.82. The number of nitrogens with one attached hydrogen (secondary N) is 2. The first-order valence-electron chi connectivity index (χ1n) is 5.62. The van der Waals surface area contributed by atoms with Crippen LogP contribution in [-0.4, -0.2) is 23.9 Å². The van der Waals surface area contributed by atoms with E-state index in [0.717, 1.165) is 6.07 Å². The molecule has 0 unspecified atom stereocenters. The topological polar surface area (TPSA) is 84.3 Å². The predicted molar refractivity (Wildman–Crippen MR) is 65.3 cm³/mol. The van der Waals surface area contributed by atoms with Crippen LogP contribution in [0.15, 0.2) is 18.2 Å². The van der Waals surface area contributed by atoms with E-state index in [1.165, 1.54) is 0 Å². The molecule has 2 N–H and O–H groups in total. The maximum atomic E-state index is 12.5. The van der Waals surface area contributed by atoms with E-state index in [0.29, 0.717) is 18.7 Å². The molecule has 1 aromatic carbocycles. The Balaban J connectivity index is 3.02. The number of halogens is 3. The van der Waals surface area contributed by atoms with Crippen LogP contribution in [0.2, 0.25) is 0 Å². The van der Waals surface area contributed by atoms with Gasteiger partial charge in [0.15, 0.2) is 0 Å². The van der Waals surface area contributed by atoms with Crippen molar-refractivity contribution in [3.8, 4) is 0 Å². The van der Waals surface area contributed by atoms with Crippen LogP contribution in [0, 0.1) is 10.1 Å². The molecule has 0 spiro atoms. The van der Waals surface area contributed by atoms with Gasteiger partial charge < -0.3 is 10.6 Å². The van der Waals surface area contributed by atoms with E-state index in [-0.39, 0.29) is 12.2 Å². The standard InChI is InChI=1S/C11H12F3N3O3/c1-2-15-6-10(18)16-8-4-3-7(11(12,13)14)5-9(8)17(19)20/h3-5,15H,2,6H2,1H3,(H,16,18). The fraction of sp³-hybridized carbons (Fsp3) is 0.364. The summed E-state index contributed by atoms with van der Waals surface area (Å²) in [6, 6.07) is 1.93. The molecule has 1 aromatic rings. The first-order chi connectivity index (χ1) is 9.25. The Morgan fingerprint density at radius 1 is 1.40 bits per heavy atom. The fourth-order valence-corrected chi connectivity index (χ4v) is 1.40. The average molecular weight is 291 g/mol. The van der Waals surface area contributed by atoms with Crippen molar-refractivity contribution < 1.29 is 22.9 Å². The predicted octanol–water partition coefficient (Wildman–Crippen LogP) is 2.16. The number of benzene rings is 1. The van der Waals surface area contributed by atoms with Gasteiger partial charge in [-0.05, 0) is 18.7 Å². The van der Waals surface area contributed by atoms with Crippen molar-refractivity contribution in [2.24, 2.45) is 0 Å². The van der Waals surface area contributed by atoms with Crippen LogP contribution in [-0.2, 0) is 11.0 Å². The van der Waals surface area contributed by atoms with Gasteiger partial charge in [0.1, 0.15) is 5.69 Å². The van der Waals surface area contributed by atoms with Crippen molar-refractivity contribution in [2.75, 3.05) is 18.4 Å². The van der Waals surface area contributed by atoms with E-state index in [9.17, 15) is 28.1 Å². The molecular formula is C11H12F3N3O3. The molecule has 1 rings (SSSR count). The zero-order valence-electron chi connectivity index (χ0n) is 10.5. The van der Waals surface area contributed by atoms with Crippen molar-refractivity contribution >= 4 is 17.3 Å². The molecule has 0 fully saturated rings. The minimum absolute atomic E-state index is 0.0886. The highest BCUT2D eigenvalue weighted by Crippen LogP contribution is 2.34. The Morgan fingerprint density at radius 2 is 2.05 bits per heavy atom. The number of carbonyl (C=O) groups is 1. The Bertz CT molecular complexity index is 517. The number of amides is 1. The summed E-state index contributed by atoms with van der Waals surface area (Å²) >= 11 is 0. The van der Waals surface area contributed by atoms with E-state index in [1.54, 1.807) is 6.92 Å². The van der Waals surface area contributed by atoms with Crippen molar-refractivity contribution in [3.05, 3.63) is 33.9 Å². The molecule has 0 aromatic heterocycles. The lowest BCUT2D eigenvalue weighted by Gasteiger charge is -2.10. The van der Waals surface area contributed by atoms with Crippen LogP contribution in [0.3, 0.4) is 0 Å². The van der Waals surface area contributed by atoms with Gasteiger partial charge in [0, 0.05) is 6.07 Å². The summed E-state index contributed by atoms with van der Waals surface area (Å²) in [5.74, 6) is -0.574. The van der Waals surface area contributed by atoms with Gasteiger partial charge in [-0.3, -0.25) is 14.9 Å². The molecule has 0 saturated carbocycles. The maximum Gasteiger partial charge on any atom is 0.416 e. The number of likely N-dealkylation sites (N-methyl/N-ethyl adjacent to an activating group) is 1. The van der Waals surface area contributed by atoms with Gasteiger partial charge in [-0.1, -0.05) is 6.92 Å². The molecular weight excluding hydrogens is 279 g/mol. The number of hydrogen-bond donors (Lipinski definition) is 2. The summed E-state index contributed by atoms with van der Waals surface area (Å²) in [5, 5.41) is 15.7. The molecule has 0 atom stereocenters. The summed E-state index contributed by atoms with van der Waals surface area (Å²) in [4.78, 5) is 21.2. The minimum Gasteiger partial charge on any atom is -0.319 e. The third-order valence-corrected chi connectivity index (χ3v) is 2.33. The zero-order chi connectivity index (χ0) is 15.3. The van der Waals surface area contributed by atoms with Crippen LogP contribution < -0.4 is 10.6 Å². The van der Waals surface area contributed by atoms with Crippen LogP contribution in [0.1, 0.15) is 12.5 Å². The smallest absolute Gasteiger partial charge is 0.319 e. The van der Waals surface area contributed by atoms with Crippen molar-refractivity contribution in [1.29, 1.82) is 0 Å². The summed E-state index contributed by atoms with van der Waals surface area (Å²) in [6.45, 7) is 2.19. The number of rotatable bonds is 5. The highest BCUT2D eigenvalue weighted by Gasteiger charge is 2.33. The molecule has 0 bridgehead atoms. The molecule has 0 aliphatic heterocycles. The van der Waals surface area contributed by atoms with Crippen LogP contribution in [0.25, 0.3) is 0 Å². The monoisotopic (exact) mass is 291 g/mol. The first kappa shape index (κ1) is 15.9. The summed E-state index contributed by atoms with van der Waals surface area (Å²) in [5.41, 5.74) is -2.22. The quantitative estimate of drug-likeness (QED) is 0.643. The second kappa shape index (κ2) is 6.33. The normalized spacial score (nSPS) is 11.2. The van der Waals surface area contributed by atoms with Gasteiger partial charge in [0.2, 0.25) is 5.91 Å². The molecule has 110 valence electrons. The summed E-state index contributed by atoms with van der Waals surface area (Å²) in [7, 11) is 0. The Kier molecular flexibility index (Phi) is 5.03. The van der Waals surface area contributed by atoms with Gasteiger partial charge in [-0.25, -0.2) is 0 Å². The fourth-order valence-electron chi connectivity index (χ4n) is 1.40. The number of carbonyl (C=O) groups excluding carboxylic acids is 1. The van der Waals surface area contributed by atoms with E-state index in [2.05, 4.69) is 10.6 Å². The Morgan fingerprint density at radius 3 is 2.55 bits per heavy atom. The minimum atomic E-state index is -4.68. The second-order valence-corrected chi connectivity index (χ2v) is 3.82. The van der Waals surface area contributed by atoms with E-state index < -0.39 is 28.3 Å². The SMILES string of the molecule is CCNCC(=O)Nc1ccc(C(F)(F)F)cc1[N+](=O)[O-]. The number of nitrogens with zero attached hydrogens (tertiary/aromatic N) is 1. The zero-order valence-corrected chi connectivity index (χ0v) is 10.5. The number of nitro groups is 1. The first-order valence-corrected chi connectivity index (χ1v) is 5.62. The molecule has 0 radical (unpaired) electrons. The number of alkyl halides is 3. The number of anilines is 1. The highest BCUT2D eigenvalue weighted by atomic mass is 19.4. The Hall–Kier alpha value is -2.16. The molecule has 0 saturated heterocycles. The maximum absolute atomic E-state index is 12.5. The van der Waals surface area contributed by atoms with E-state index in [4.69, 9.17) is 0 Å². The highest BCUT2D eigenvalue weighted by molar-refractivity contribution is 5.94. The lowest BCUT2D eigenvalue weighted by Crippen LogP contribution is -2.28. The Labute approximate surface area is 112 Å². The van der Waals surface area contributed by atoms with Crippen LogP contribution in [0.4, 0.5) is 24.5 Å². The molecule has 0 heterocycles. The average Bonchev–Trinajstić information content (AvgIpc) is 2.35. The molecule has 0 aliphatic carbocycles. The van der Waals surface area contributed by atoms with Crippen LogP contribution >= 0.6 is 0 Å². The summed E-state index contributed by atoms with van der Waals surface area (Å²) in [6.07, 6.45) is -4.68. The van der Waals surface area contributed by atoms with Crippen molar-refractivity contribution in [2.45, 2.75) is 13.1 Å². The van der Waals surface area contributed by atoms with E-state index in [1.807, 2.05) is 0 Å². The third kappa shape index (κ3) is 4.19. The lowest BCUT2D eigenvalue weighted by atomic mass is 10.1. The van der Waals surface area contributed by atoms with Gasteiger partial charge in [-0.2, -0.15) is 13.2 Å². The molecule has 9 heteroatoms. The largest absolute Gasteiger partial charge is 0.416 e. The van der Waals surface area contributed by atoms with Crippen LogP contribution in [0.5, 0.6) is 0 Å². The van der Waals surface area contributed by atoms with Gasteiger partial charge in [0.25, 0.3) is 5.69 Å². The third-order valence-electron chi connectivity index (χ3n) is 2.33. The van der Waals surface area contributed by atoms with Gasteiger partial charge in [-0.15, -0.1) is 0 Å². The lowest BCUT2D eigenvalue weighted by molar-refractivity contribution is -0.384. The molecule has 6 nitrogen and oxygen atoms in total. The number of nitro benzene ring substituents is 1. The molecule has 20 heavy (non-hydrogen) atoms. The van der Waals surface area contributed by atoms with Gasteiger partial charge in [0.05, 0.1) is 17.0 Å². The molecule has 0 aliphatic rings. The molecule has 1 amide bonds. The van der Waals surface area contributed by atoms with E-state index >= 15 is 0 Å². The van der Waals surface area contributed by atoms with Gasteiger partial charge >= 0.3 is 6.18 Å². The van der Waals surface area contributed by atoms with Crippen molar-refractivity contribution in [3.63, 3.8) is 0 Å². The summed E-state index contributed by atoms with van der Waals surface area (Å²) < 4.78 is 37.4. The van der Waals surface area contributed by atoms with Crippen molar-refractivity contribution in [1.82, 2.24) is 5.32 Å². The number of hydrogen-bond acceptors (Lipinski definition) is 4.